The molecule has 1 atom stereocenters. The summed E-state index contributed by atoms with van der Waals surface area (Å²) in [6.45, 7) is 4.41. The van der Waals surface area contributed by atoms with Gasteiger partial charge in [0.1, 0.15) is 23.6 Å². The molecule has 1 aliphatic heterocycles. The number of carbonyl (C=O) groups is 2. The van der Waals surface area contributed by atoms with Crippen LogP contribution in [0.5, 0.6) is 11.5 Å². The fraction of sp³-hybridized carbons (Fsp3) is 0.652. The first-order valence-corrected chi connectivity index (χ1v) is 11.2. The predicted octanol–water partition coefficient (Wildman–Crippen LogP) is 2.26. The van der Waals surface area contributed by atoms with E-state index in [-0.39, 0.29) is 47.6 Å². The summed E-state index contributed by atoms with van der Waals surface area (Å²) >= 11 is 0. The highest BCUT2D eigenvalue weighted by Crippen LogP contribution is 2.33. The minimum absolute atomic E-state index is 0.0153. The quantitative estimate of drug-likeness (QED) is 0.486. The fourth-order valence-electron chi connectivity index (χ4n) is 4.38. The smallest absolute Gasteiger partial charge is 0.325 e. The molecule has 0 unspecified atom stereocenters. The van der Waals surface area contributed by atoms with E-state index < -0.39 is 12.0 Å². The lowest BCUT2D eigenvalue weighted by molar-refractivity contribution is -0.152. The fourth-order valence-corrected chi connectivity index (χ4v) is 4.38. The number of nitrogens with zero attached hydrogens (tertiary/aromatic N) is 1. The van der Waals surface area contributed by atoms with Crippen LogP contribution < -0.4 is 5.32 Å². The van der Waals surface area contributed by atoms with Crippen LogP contribution in [0.25, 0.3) is 0 Å². The second-order valence-corrected chi connectivity index (χ2v) is 8.89. The number of piperidine rings is 1. The Labute approximate surface area is 183 Å². The molecule has 0 radical (unpaired) electrons. The molecule has 1 aromatic carbocycles. The van der Waals surface area contributed by atoms with Gasteiger partial charge in [0.2, 0.25) is 0 Å². The van der Waals surface area contributed by atoms with Gasteiger partial charge in [-0.3, -0.25) is 14.9 Å². The van der Waals surface area contributed by atoms with E-state index in [4.69, 9.17) is 4.74 Å². The van der Waals surface area contributed by atoms with Crippen molar-refractivity contribution in [3.8, 4) is 11.5 Å². The third kappa shape index (κ3) is 5.68. The Morgan fingerprint density at radius 2 is 1.74 bits per heavy atom. The molecule has 0 bridgehead atoms. The van der Waals surface area contributed by atoms with Crippen LogP contribution in [-0.4, -0.2) is 70.0 Å². The molecule has 8 heteroatoms. The van der Waals surface area contributed by atoms with Crippen molar-refractivity contribution in [2.45, 2.75) is 76.5 Å². The summed E-state index contributed by atoms with van der Waals surface area (Å²) in [6, 6.07) is 2.00. The molecule has 8 nitrogen and oxygen atoms in total. The SMILES string of the molecule is CC(C)c1cc(C(=O)N2CCC(N[C@@H](CO)C(=O)OC3CCCC3)CC2)c(O)cc1O. The van der Waals surface area contributed by atoms with Gasteiger partial charge in [0, 0.05) is 25.2 Å². The summed E-state index contributed by atoms with van der Waals surface area (Å²) in [7, 11) is 0. The van der Waals surface area contributed by atoms with Crippen molar-refractivity contribution >= 4 is 11.9 Å². The highest BCUT2D eigenvalue weighted by atomic mass is 16.5. The Morgan fingerprint density at radius 3 is 2.32 bits per heavy atom. The van der Waals surface area contributed by atoms with E-state index in [0.29, 0.717) is 31.5 Å². The van der Waals surface area contributed by atoms with Crippen molar-refractivity contribution in [1.29, 1.82) is 0 Å². The van der Waals surface area contributed by atoms with Crippen molar-refractivity contribution < 1.29 is 29.6 Å². The summed E-state index contributed by atoms with van der Waals surface area (Å²) in [6.07, 6.45) is 5.09. The number of aliphatic hydroxyl groups is 1. The molecule has 172 valence electrons. The van der Waals surface area contributed by atoms with E-state index in [9.17, 15) is 24.9 Å². The third-order valence-corrected chi connectivity index (χ3v) is 6.27. The van der Waals surface area contributed by atoms with Crippen molar-refractivity contribution in [1.82, 2.24) is 10.2 Å². The maximum Gasteiger partial charge on any atom is 0.325 e. The summed E-state index contributed by atoms with van der Waals surface area (Å²) in [5.74, 6) is -0.935. The maximum atomic E-state index is 12.9. The van der Waals surface area contributed by atoms with Crippen LogP contribution in [0, 0.1) is 0 Å². The lowest BCUT2D eigenvalue weighted by Crippen LogP contribution is -2.51. The molecule has 3 rings (SSSR count). The van der Waals surface area contributed by atoms with Crippen LogP contribution in [0.3, 0.4) is 0 Å². The van der Waals surface area contributed by atoms with Gasteiger partial charge in [0.25, 0.3) is 5.91 Å². The molecular formula is C23H34N2O6. The van der Waals surface area contributed by atoms with Gasteiger partial charge in [0.15, 0.2) is 0 Å². The first kappa shape index (κ1) is 23.3. The first-order chi connectivity index (χ1) is 14.8. The number of ether oxygens (including phenoxy) is 1. The monoisotopic (exact) mass is 434 g/mol. The summed E-state index contributed by atoms with van der Waals surface area (Å²) in [4.78, 5) is 27.0. The Hall–Kier alpha value is -2.32. The number of hydrogen-bond acceptors (Lipinski definition) is 7. The van der Waals surface area contributed by atoms with Crippen molar-refractivity contribution in [3.05, 3.63) is 23.3 Å². The number of rotatable bonds is 7. The molecule has 1 saturated heterocycles. The standard InChI is InChI=1S/C23H34N2O6/c1-14(2)17-11-18(21(28)12-20(17)27)22(29)25-9-7-15(8-10-25)24-19(13-26)23(30)31-16-5-3-4-6-16/h11-12,14-16,19,24,26-28H,3-10,13H2,1-2H3/t19-/m0/s1. The molecule has 1 heterocycles. The molecular weight excluding hydrogens is 400 g/mol. The number of aromatic hydroxyl groups is 2. The number of benzene rings is 1. The largest absolute Gasteiger partial charge is 0.508 e. The zero-order chi connectivity index (χ0) is 22.5. The number of esters is 1. The molecule has 4 N–H and O–H groups in total. The molecule has 2 aliphatic rings. The molecule has 1 aliphatic carbocycles. The summed E-state index contributed by atoms with van der Waals surface area (Å²) in [5.41, 5.74) is 0.797. The normalized spacial score (nSPS) is 19.0. The van der Waals surface area contributed by atoms with Gasteiger partial charge in [-0.05, 0) is 56.1 Å². The zero-order valence-corrected chi connectivity index (χ0v) is 18.3. The van der Waals surface area contributed by atoms with Crippen LogP contribution in [0.15, 0.2) is 12.1 Å². The lowest BCUT2D eigenvalue weighted by Gasteiger charge is -2.34. The van der Waals surface area contributed by atoms with Crippen molar-refractivity contribution in [3.63, 3.8) is 0 Å². The predicted molar refractivity (Wildman–Crippen MR) is 115 cm³/mol. The van der Waals surface area contributed by atoms with Gasteiger partial charge in [-0.1, -0.05) is 13.8 Å². The second kappa shape index (κ2) is 10.3. The zero-order valence-electron chi connectivity index (χ0n) is 18.3. The number of phenolic OH excluding ortho intramolecular Hbond substituents is 2. The Bertz CT molecular complexity index is 783. The number of hydrogen-bond donors (Lipinski definition) is 4. The van der Waals surface area contributed by atoms with Crippen molar-refractivity contribution in [2.24, 2.45) is 0 Å². The first-order valence-electron chi connectivity index (χ1n) is 11.2. The maximum absolute atomic E-state index is 12.9. The number of amides is 1. The highest BCUT2D eigenvalue weighted by molar-refractivity contribution is 5.97. The van der Waals surface area contributed by atoms with Gasteiger partial charge >= 0.3 is 5.97 Å². The Morgan fingerprint density at radius 1 is 1.10 bits per heavy atom. The van der Waals surface area contributed by atoms with E-state index in [1.54, 1.807) is 11.0 Å². The molecule has 1 saturated carbocycles. The van der Waals surface area contributed by atoms with Crippen LogP contribution >= 0.6 is 0 Å². The molecule has 0 aromatic heterocycles. The summed E-state index contributed by atoms with van der Waals surface area (Å²) < 4.78 is 5.50. The number of phenols is 2. The van der Waals surface area contributed by atoms with Gasteiger partial charge in [0.05, 0.1) is 12.2 Å². The minimum Gasteiger partial charge on any atom is -0.508 e. The Kier molecular flexibility index (Phi) is 7.78. The third-order valence-electron chi connectivity index (χ3n) is 6.27. The second-order valence-electron chi connectivity index (χ2n) is 8.89. The van der Waals surface area contributed by atoms with Gasteiger partial charge in [-0.2, -0.15) is 0 Å². The number of aliphatic hydroxyl groups excluding tert-OH is 1. The molecule has 2 fully saturated rings. The van der Waals surface area contributed by atoms with Crippen LogP contribution in [-0.2, 0) is 9.53 Å². The van der Waals surface area contributed by atoms with Crippen LogP contribution in [0.1, 0.15) is 74.2 Å². The van der Waals surface area contributed by atoms with E-state index in [1.165, 1.54) is 6.07 Å². The Balaban J connectivity index is 1.55. The average Bonchev–Trinajstić information content (AvgIpc) is 3.24. The van der Waals surface area contributed by atoms with E-state index in [0.717, 1.165) is 25.7 Å². The van der Waals surface area contributed by atoms with Crippen molar-refractivity contribution in [2.75, 3.05) is 19.7 Å². The summed E-state index contributed by atoms with van der Waals surface area (Å²) in [5, 5.41) is 33.0. The minimum atomic E-state index is -0.761. The molecule has 0 spiro atoms. The van der Waals surface area contributed by atoms with Gasteiger partial charge < -0.3 is 25.0 Å². The lowest BCUT2D eigenvalue weighted by atomic mass is 9.97. The average molecular weight is 435 g/mol. The number of nitrogens with one attached hydrogen (secondary N) is 1. The topological polar surface area (TPSA) is 119 Å². The molecule has 31 heavy (non-hydrogen) atoms. The number of carbonyl (C=O) groups excluding carboxylic acids is 2. The highest BCUT2D eigenvalue weighted by Gasteiger charge is 2.30. The van der Waals surface area contributed by atoms with Crippen LogP contribution in [0.4, 0.5) is 0 Å². The van der Waals surface area contributed by atoms with E-state index in [2.05, 4.69) is 5.32 Å². The molecule has 1 aromatic rings. The molecule has 1 amide bonds. The van der Waals surface area contributed by atoms with Gasteiger partial charge in [-0.15, -0.1) is 0 Å². The van der Waals surface area contributed by atoms with Crippen LogP contribution in [0.2, 0.25) is 0 Å². The van der Waals surface area contributed by atoms with Gasteiger partial charge in [-0.25, -0.2) is 0 Å². The van der Waals surface area contributed by atoms with E-state index in [1.807, 2.05) is 13.8 Å². The number of likely N-dealkylation sites (tertiary alicyclic amines) is 1. The van der Waals surface area contributed by atoms with E-state index >= 15 is 0 Å².